The average Bonchev–Trinajstić information content (AvgIpc) is 3.02. The van der Waals surface area contributed by atoms with Crippen LogP contribution in [-0.2, 0) is 0 Å². The molecule has 0 saturated heterocycles. The minimum atomic E-state index is 0.589. The maximum Gasteiger partial charge on any atom is 0.268 e. The van der Waals surface area contributed by atoms with E-state index in [9.17, 15) is 10.4 Å². The lowest BCUT2D eigenvalue weighted by Crippen LogP contribution is -2.35. The van der Waals surface area contributed by atoms with Crippen molar-refractivity contribution in [1.29, 1.82) is 0 Å². The molecule has 0 fully saturated rings. The number of benzene rings is 2. The van der Waals surface area contributed by atoms with Crippen LogP contribution in [0.5, 0.6) is 0 Å². The molecule has 4 N–H and O–H groups in total. The van der Waals surface area contributed by atoms with E-state index in [-0.39, 0.29) is 0 Å². The fourth-order valence-corrected chi connectivity index (χ4v) is 6.15. The van der Waals surface area contributed by atoms with Crippen molar-refractivity contribution in [3.05, 3.63) is 71.0 Å². The van der Waals surface area contributed by atoms with E-state index in [0.29, 0.717) is 21.1 Å². The molecule has 0 amide bonds. The number of hydrogen-bond acceptors (Lipinski definition) is 5. The highest BCUT2D eigenvalue weighted by molar-refractivity contribution is 6.31. The fourth-order valence-electron chi connectivity index (χ4n) is 5.82. The van der Waals surface area contributed by atoms with E-state index in [1.54, 1.807) is 24.5 Å². The van der Waals surface area contributed by atoms with Gasteiger partial charge in [0.1, 0.15) is 0 Å². The second kappa shape index (κ2) is 18.1. The third kappa shape index (κ3) is 10.3. The minimum Gasteiger partial charge on any atom is -0.383 e. The lowest BCUT2D eigenvalue weighted by Gasteiger charge is -2.23. The molecular weight excluding hydrogens is 593 g/mol. The molecule has 44 heavy (non-hydrogen) atoms. The molecule has 0 bridgehead atoms. The third-order valence-electron chi connectivity index (χ3n) is 8.32. The molecule has 2 aromatic heterocycles. The van der Waals surface area contributed by atoms with E-state index in [4.69, 9.17) is 23.2 Å². The first-order chi connectivity index (χ1) is 21.5. The molecule has 4 rings (SSSR count). The van der Waals surface area contributed by atoms with Crippen molar-refractivity contribution in [3.63, 3.8) is 0 Å². The van der Waals surface area contributed by atoms with Crippen LogP contribution in [-0.4, -0.2) is 48.0 Å². The first kappa shape index (κ1) is 33.9. The Bertz CT molecular complexity index is 1370. The van der Waals surface area contributed by atoms with Crippen molar-refractivity contribution < 1.29 is 19.9 Å². The van der Waals surface area contributed by atoms with E-state index >= 15 is 0 Å². The van der Waals surface area contributed by atoms with Crippen LogP contribution in [0.1, 0.15) is 77.6 Å². The lowest BCUT2D eigenvalue weighted by atomic mass is 10.1. The summed E-state index contributed by atoms with van der Waals surface area (Å²) in [5, 5.41) is 30.7. The van der Waals surface area contributed by atoms with Crippen LogP contribution in [0.25, 0.3) is 21.8 Å². The van der Waals surface area contributed by atoms with Crippen molar-refractivity contribution in [1.82, 2.24) is 4.90 Å². The maximum atomic E-state index is 10.2. The predicted molar refractivity (Wildman–Crippen MR) is 183 cm³/mol. The molecule has 0 atom stereocenters. The zero-order chi connectivity index (χ0) is 31.1. The average molecular weight is 643 g/mol. The third-order valence-corrected chi connectivity index (χ3v) is 8.79. The molecule has 7 nitrogen and oxygen atoms in total. The molecule has 4 aromatic rings. The van der Waals surface area contributed by atoms with Crippen LogP contribution in [0.2, 0.25) is 10.0 Å². The molecule has 2 heterocycles. The van der Waals surface area contributed by atoms with Gasteiger partial charge in [-0.2, -0.15) is 0 Å². The van der Waals surface area contributed by atoms with E-state index in [1.807, 2.05) is 36.4 Å². The van der Waals surface area contributed by atoms with Gasteiger partial charge in [-0.1, -0.05) is 94.3 Å². The molecule has 2 aromatic carbocycles. The summed E-state index contributed by atoms with van der Waals surface area (Å²) in [7, 11) is 0. The van der Waals surface area contributed by atoms with E-state index in [1.165, 1.54) is 70.6 Å². The van der Waals surface area contributed by atoms with Crippen molar-refractivity contribution in [3.8, 4) is 0 Å². The molecule has 9 heteroatoms. The van der Waals surface area contributed by atoms with Gasteiger partial charge in [-0.05, 0) is 37.2 Å². The summed E-state index contributed by atoms with van der Waals surface area (Å²) in [6.07, 6.45) is 18.0. The van der Waals surface area contributed by atoms with Gasteiger partial charge in [0.25, 0.3) is 11.0 Å². The summed E-state index contributed by atoms with van der Waals surface area (Å²) in [4.78, 5) is 2.51. The second-order valence-electron chi connectivity index (χ2n) is 11.7. The van der Waals surface area contributed by atoms with Gasteiger partial charge in [-0.3, -0.25) is 15.3 Å². The van der Waals surface area contributed by atoms with Gasteiger partial charge < -0.3 is 10.6 Å². The summed E-state index contributed by atoms with van der Waals surface area (Å²) < 4.78 is 2.21. The van der Waals surface area contributed by atoms with E-state index in [0.717, 1.165) is 64.3 Å². The summed E-state index contributed by atoms with van der Waals surface area (Å²) in [6.45, 7) is 6.67. The van der Waals surface area contributed by atoms with Crippen LogP contribution in [0.4, 0.5) is 11.4 Å². The zero-order valence-corrected chi connectivity index (χ0v) is 27.6. The van der Waals surface area contributed by atoms with Gasteiger partial charge in [-0.15, -0.1) is 0 Å². The molecule has 0 radical (unpaired) electrons. The largest absolute Gasteiger partial charge is 0.383 e. The number of hydrogen-bond donors (Lipinski definition) is 4. The van der Waals surface area contributed by atoms with Crippen molar-refractivity contribution >= 4 is 56.4 Å². The Labute approximate surface area is 272 Å². The van der Waals surface area contributed by atoms with Gasteiger partial charge in [0, 0.05) is 70.0 Å². The lowest BCUT2D eigenvalue weighted by molar-refractivity contribution is -0.884. The number of nitrogens with one attached hydrogen (secondary N) is 2. The molecular formula is C35H49Cl2N5O2+2. The number of rotatable bonds is 20. The molecule has 0 aliphatic rings. The van der Waals surface area contributed by atoms with Crippen LogP contribution in [0.15, 0.2) is 60.9 Å². The molecule has 0 aliphatic carbocycles. The normalized spacial score (nSPS) is 11.5. The Morgan fingerprint density at radius 3 is 1.48 bits per heavy atom. The Morgan fingerprint density at radius 1 is 0.591 bits per heavy atom. The Hall–Kier alpha value is -3.00. The number of nitrogens with zero attached hydrogens (tertiary/aromatic N) is 3. The molecule has 0 spiro atoms. The first-order valence-electron chi connectivity index (χ1n) is 16.3. The number of anilines is 2. The minimum absolute atomic E-state index is 0.589. The standard InChI is InChI=1S/C35H47Cl2N5O2/c1-2-3-4-5-6-7-8-9-10-11-12-21-40(24-19-38-32-17-22-41(43)34-26-28(36)13-15-30(32)34)25-20-39-33-18-23-42(44)35-27-29(37)14-16-31(33)35/h13-18,22-23,26-27,43-44H,2-12,19-21,24-25H2,1H3/p+2. The topological polar surface area (TPSA) is 75.5 Å². The highest BCUT2D eigenvalue weighted by Gasteiger charge is 2.15. The van der Waals surface area contributed by atoms with Gasteiger partial charge in [0.2, 0.25) is 12.4 Å². The Morgan fingerprint density at radius 2 is 1.02 bits per heavy atom. The number of pyridine rings is 2. The summed E-state index contributed by atoms with van der Waals surface area (Å²) in [5.41, 5.74) is 3.29. The molecule has 0 aliphatic heterocycles. The zero-order valence-electron chi connectivity index (χ0n) is 26.1. The van der Waals surface area contributed by atoms with E-state index < -0.39 is 0 Å². The molecule has 0 unspecified atom stereocenters. The first-order valence-corrected chi connectivity index (χ1v) is 17.1. The van der Waals surface area contributed by atoms with Crippen molar-refractivity contribution in [2.75, 3.05) is 43.4 Å². The fraction of sp³-hybridized carbons (Fsp3) is 0.486. The number of unbranched alkanes of at least 4 members (excludes halogenated alkanes) is 10. The van der Waals surface area contributed by atoms with Gasteiger partial charge in [0.15, 0.2) is 0 Å². The quantitative estimate of drug-likeness (QED) is 0.0442. The number of aromatic nitrogens is 2. The predicted octanol–water partition coefficient (Wildman–Crippen LogP) is 8.49. The summed E-state index contributed by atoms with van der Waals surface area (Å²) in [5.74, 6) is 0. The number of halogens is 2. The van der Waals surface area contributed by atoms with Crippen molar-refractivity contribution in [2.45, 2.75) is 77.6 Å². The second-order valence-corrected chi connectivity index (χ2v) is 12.6. The molecule has 0 saturated carbocycles. The van der Waals surface area contributed by atoms with Gasteiger partial charge >= 0.3 is 0 Å². The van der Waals surface area contributed by atoms with E-state index in [2.05, 4.69) is 22.5 Å². The van der Waals surface area contributed by atoms with Gasteiger partial charge in [-0.25, -0.2) is 0 Å². The Balaban J connectivity index is 1.29. The van der Waals surface area contributed by atoms with Crippen LogP contribution >= 0.6 is 23.2 Å². The highest BCUT2D eigenvalue weighted by atomic mass is 35.5. The smallest absolute Gasteiger partial charge is 0.268 e. The maximum absolute atomic E-state index is 10.2. The SMILES string of the molecule is CCCCCCCCCCCCCN(CCNc1cc[n+](O)c2cc(Cl)ccc12)CCNc1cc[n+](O)c2cc(Cl)ccc12. The highest BCUT2D eigenvalue weighted by Crippen LogP contribution is 2.24. The number of fused-ring (bicyclic) bond motifs is 2. The van der Waals surface area contributed by atoms with Gasteiger partial charge in [0.05, 0.1) is 22.1 Å². The monoisotopic (exact) mass is 641 g/mol. The molecule has 238 valence electrons. The Kier molecular flexibility index (Phi) is 13.9. The van der Waals surface area contributed by atoms with Crippen LogP contribution in [0.3, 0.4) is 0 Å². The summed E-state index contributed by atoms with van der Waals surface area (Å²) in [6, 6.07) is 14.9. The van der Waals surface area contributed by atoms with Crippen LogP contribution < -0.4 is 20.1 Å². The van der Waals surface area contributed by atoms with Crippen molar-refractivity contribution in [2.24, 2.45) is 0 Å². The van der Waals surface area contributed by atoms with Crippen LogP contribution in [0, 0.1) is 0 Å². The summed E-state index contributed by atoms with van der Waals surface area (Å²) >= 11 is 12.3.